The number of carbonyl (C=O) groups is 1. The molecule has 2 aliphatic rings. The van der Waals surface area contributed by atoms with Crippen LogP contribution in [0.5, 0.6) is 0 Å². The summed E-state index contributed by atoms with van der Waals surface area (Å²) < 4.78 is 5.00. The van der Waals surface area contributed by atoms with Gasteiger partial charge in [-0.25, -0.2) is 0 Å². The van der Waals surface area contributed by atoms with Crippen molar-refractivity contribution in [1.29, 1.82) is 0 Å². The van der Waals surface area contributed by atoms with Gasteiger partial charge in [-0.15, -0.1) is 0 Å². The molecule has 3 heterocycles. The Labute approximate surface area is 121 Å². The predicted molar refractivity (Wildman–Crippen MR) is 74.0 cm³/mol. The van der Waals surface area contributed by atoms with E-state index in [-0.39, 0.29) is 17.8 Å². The zero-order chi connectivity index (χ0) is 14.8. The first-order chi connectivity index (χ1) is 10.1. The van der Waals surface area contributed by atoms with E-state index in [0.717, 1.165) is 38.3 Å². The van der Waals surface area contributed by atoms with Crippen LogP contribution in [0.2, 0.25) is 0 Å². The maximum Gasteiger partial charge on any atom is 0.363 e. The van der Waals surface area contributed by atoms with E-state index in [1.165, 1.54) is 12.3 Å². The highest BCUT2D eigenvalue weighted by Gasteiger charge is 2.34. The van der Waals surface area contributed by atoms with Crippen LogP contribution < -0.4 is 4.90 Å². The summed E-state index contributed by atoms with van der Waals surface area (Å²) in [5.41, 5.74) is 0.870. The number of rotatable bonds is 3. The fourth-order valence-electron chi connectivity index (χ4n) is 2.78. The van der Waals surface area contributed by atoms with E-state index in [9.17, 15) is 14.9 Å². The molecule has 1 atom stereocenters. The molecule has 1 aromatic heterocycles. The normalized spacial score (nSPS) is 23.1. The first kappa shape index (κ1) is 13.7. The molecule has 0 radical (unpaired) electrons. The summed E-state index contributed by atoms with van der Waals surface area (Å²) in [6, 6.07) is 3.02. The topological polar surface area (TPSA) is 88.8 Å². The van der Waals surface area contributed by atoms with Crippen molar-refractivity contribution >= 4 is 17.5 Å². The fourth-order valence-corrected chi connectivity index (χ4v) is 2.78. The van der Waals surface area contributed by atoms with Crippen molar-refractivity contribution in [3.05, 3.63) is 28.4 Å². The van der Waals surface area contributed by atoms with Crippen LogP contribution >= 0.6 is 0 Å². The quantitative estimate of drug-likeness (QED) is 0.453. The molecule has 0 aromatic carbocycles. The second-order valence-corrected chi connectivity index (χ2v) is 5.13. The number of carbonyl (C=O) groups excluding carboxylic acids is 1. The largest absolute Gasteiger partial charge is 0.464 e. The molecule has 8 heteroatoms. The molecule has 0 N–H and O–H groups in total. The summed E-state index contributed by atoms with van der Waals surface area (Å²) in [7, 11) is 0. The van der Waals surface area contributed by atoms with Crippen LogP contribution in [0.4, 0.5) is 11.5 Å². The zero-order valence-corrected chi connectivity index (χ0v) is 11.5. The third-order valence-corrected chi connectivity index (χ3v) is 3.95. The van der Waals surface area contributed by atoms with Gasteiger partial charge >= 0.3 is 11.8 Å². The second kappa shape index (κ2) is 5.65. The molecule has 1 aromatic rings. The number of hydrogen-bond acceptors (Lipinski definition) is 7. The molecule has 0 bridgehead atoms. The molecule has 0 amide bonds. The molecule has 0 aliphatic carbocycles. The van der Waals surface area contributed by atoms with Crippen LogP contribution in [-0.4, -0.2) is 59.6 Å². The lowest BCUT2D eigenvalue weighted by Gasteiger charge is -2.37. The van der Waals surface area contributed by atoms with Crippen molar-refractivity contribution in [2.45, 2.75) is 12.5 Å². The summed E-state index contributed by atoms with van der Waals surface area (Å²) in [4.78, 5) is 29.8. The number of hydrogen-bond donors (Lipinski definition) is 0. The highest BCUT2D eigenvalue weighted by atomic mass is 16.6. The minimum Gasteiger partial charge on any atom is -0.464 e. The molecule has 3 rings (SSSR count). The van der Waals surface area contributed by atoms with Gasteiger partial charge in [-0.2, -0.15) is 0 Å². The number of pyridine rings is 1. The smallest absolute Gasteiger partial charge is 0.363 e. The molecule has 1 unspecified atom stereocenters. The van der Waals surface area contributed by atoms with Crippen LogP contribution in [0.1, 0.15) is 6.42 Å². The lowest BCUT2D eigenvalue weighted by molar-refractivity contribution is -0.389. The third kappa shape index (κ3) is 2.80. The van der Waals surface area contributed by atoms with Gasteiger partial charge in [0.05, 0.1) is 12.3 Å². The van der Waals surface area contributed by atoms with E-state index in [0.29, 0.717) is 6.61 Å². The number of nitro groups is 1. The number of nitrogens with zero attached hydrogens (tertiary/aromatic N) is 4. The third-order valence-electron chi connectivity index (χ3n) is 3.95. The molecule has 0 saturated carbocycles. The maximum atomic E-state index is 11.6. The molecule has 2 aliphatic heterocycles. The van der Waals surface area contributed by atoms with E-state index >= 15 is 0 Å². The molecular formula is C13H16N4O4. The van der Waals surface area contributed by atoms with E-state index in [2.05, 4.69) is 14.8 Å². The van der Waals surface area contributed by atoms with Gasteiger partial charge in [0.1, 0.15) is 6.04 Å². The summed E-state index contributed by atoms with van der Waals surface area (Å²) >= 11 is 0. The standard InChI is InChI=1S/C13H16N4O4/c18-13-11(3-8-21-13)16-6-4-15(5-7-16)10-1-2-12(14-9-10)17(19)20/h1-2,9,11H,3-8H2. The highest BCUT2D eigenvalue weighted by molar-refractivity contribution is 5.77. The fraction of sp³-hybridized carbons (Fsp3) is 0.538. The highest BCUT2D eigenvalue weighted by Crippen LogP contribution is 2.21. The lowest BCUT2D eigenvalue weighted by Crippen LogP contribution is -2.51. The minimum absolute atomic E-state index is 0.109. The molecule has 112 valence electrons. The van der Waals surface area contributed by atoms with Crippen LogP contribution in [-0.2, 0) is 9.53 Å². The summed E-state index contributed by atoms with van der Waals surface area (Å²) in [5, 5.41) is 10.6. The van der Waals surface area contributed by atoms with Crippen LogP contribution in [0, 0.1) is 10.1 Å². The summed E-state index contributed by atoms with van der Waals surface area (Å²) in [5.74, 6) is -0.272. The van der Waals surface area contributed by atoms with Crippen molar-refractivity contribution < 1.29 is 14.5 Å². The first-order valence-corrected chi connectivity index (χ1v) is 6.91. The number of esters is 1. The molecule has 0 spiro atoms. The first-order valence-electron chi connectivity index (χ1n) is 6.91. The number of piperazine rings is 1. The Bertz CT molecular complexity index is 540. The van der Waals surface area contributed by atoms with Crippen molar-refractivity contribution in [2.75, 3.05) is 37.7 Å². The zero-order valence-electron chi connectivity index (χ0n) is 11.5. The molecule has 2 fully saturated rings. The van der Waals surface area contributed by atoms with Gasteiger partial charge < -0.3 is 19.8 Å². The van der Waals surface area contributed by atoms with Gasteiger partial charge in [0.25, 0.3) is 0 Å². The molecule has 2 saturated heterocycles. The number of aromatic nitrogens is 1. The SMILES string of the molecule is O=C1OCCC1N1CCN(c2ccc([N+](=O)[O-])nc2)CC1. The Kier molecular flexibility index (Phi) is 3.70. The van der Waals surface area contributed by atoms with Gasteiger partial charge in [-0.05, 0) is 16.0 Å². The molecule has 8 nitrogen and oxygen atoms in total. The summed E-state index contributed by atoms with van der Waals surface area (Å²) in [6.07, 6.45) is 2.29. The van der Waals surface area contributed by atoms with Gasteiger partial charge in [0, 0.05) is 38.7 Å². The van der Waals surface area contributed by atoms with Crippen molar-refractivity contribution in [1.82, 2.24) is 9.88 Å². The van der Waals surface area contributed by atoms with Gasteiger partial charge in [-0.3, -0.25) is 9.69 Å². The average molecular weight is 292 g/mol. The minimum atomic E-state index is -0.507. The lowest BCUT2D eigenvalue weighted by atomic mass is 10.1. The average Bonchev–Trinajstić information content (AvgIpc) is 2.94. The van der Waals surface area contributed by atoms with Gasteiger partial charge in [0.15, 0.2) is 6.20 Å². The number of ether oxygens (including phenoxy) is 1. The Morgan fingerprint density at radius 1 is 1.29 bits per heavy atom. The number of anilines is 1. The second-order valence-electron chi connectivity index (χ2n) is 5.13. The van der Waals surface area contributed by atoms with Crippen LogP contribution in [0.15, 0.2) is 18.3 Å². The summed E-state index contributed by atoms with van der Waals surface area (Å²) in [6.45, 7) is 3.59. The van der Waals surface area contributed by atoms with Crippen molar-refractivity contribution in [2.24, 2.45) is 0 Å². The van der Waals surface area contributed by atoms with Crippen LogP contribution in [0.25, 0.3) is 0 Å². The van der Waals surface area contributed by atoms with Gasteiger partial charge in [0.2, 0.25) is 0 Å². The van der Waals surface area contributed by atoms with E-state index in [1.807, 2.05) is 0 Å². The van der Waals surface area contributed by atoms with Crippen LogP contribution in [0.3, 0.4) is 0 Å². The molecule has 21 heavy (non-hydrogen) atoms. The van der Waals surface area contributed by atoms with Crippen molar-refractivity contribution in [3.63, 3.8) is 0 Å². The van der Waals surface area contributed by atoms with E-state index < -0.39 is 4.92 Å². The van der Waals surface area contributed by atoms with Gasteiger partial charge in [-0.1, -0.05) is 0 Å². The Hall–Kier alpha value is -2.22. The number of cyclic esters (lactones) is 1. The monoisotopic (exact) mass is 292 g/mol. The van der Waals surface area contributed by atoms with E-state index in [1.54, 1.807) is 6.07 Å². The Morgan fingerprint density at radius 2 is 2.05 bits per heavy atom. The predicted octanol–water partition coefficient (Wildman–Crippen LogP) is 0.427. The maximum absolute atomic E-state index is 11.6. The Morgan fingerprint density at radius 3 is 2.57 bits per heavy atom. The Balaban J connectivity index is 1.60. The molecular weight excluding hydrogens is 276 g/mol. The van der Waals surface area contributed by atoms with Crippen molar-refractivity contribution in [3.8, 4) is 0 Å². The van der Waals surface area contributed by atoms with E-state index in [4.69, 9.17) is 4.74 Å².